The van der Waals surface area contributed by atoms with Crippen LogP contribution in [-0.4, -0.2) is 49.1 Å². The number of aromatic amines is 1. The lowest BCUT2D eigenvalue weighted by Gasteiger charge is -2.10. The molecule has 1 aliphatic rings. The molecular formula is C18H17N5O2. The summed E-state index contributed by atoms with van der Waals surface area (Å²) in [6, 6.07) is 9.80. The second kappa shape index (κ2) is 6.35. The number of nitrogens with zero attached hydrogens (tertiary/aromatic N) is 4. The van der Waals surface area contributed by atoms with E-state index in [0.29, 0.717) is 18.9 Å². The zero-order valence-electron chi connectivity index (χ0n) is 13.5. The van der Waals surface area contributed by atoms with E-state index in [0.717, 1.165) is 29.1 Å². The lowest BCUT2D eigenvalue weighted by Crippen LogP contribution is -2.26. The fourth-order valence-electron chi connectivity index (χ4n) is 3.05. The Balaban J connectivity index is 1.52. The monoisotopic (exact) mass is 335 g/mol. The molecule has 1 unspecified atom stereocenters. The summed E-state index contributed by atoms with van der Waals surface area (Å²) >= 11 is 0. The van der Waals surface area contributed by atoms with E-state index in [9.17, 15) is 4.79 Å². The van der Waals surface area contributed by atoms with E-state index in [-0.39, 0.29) is 5.92 Å². The molecule has 2 N–H and O–H groups in total. The molecular weight excluding hydrogens is 318 g/mol. The molecule has 1 aromatic carbocycles. The Morgan fingerprint density at radius 3 is 2.52 bits per heavy atom. The smallest absolute Gasteiger partial charge is 0.407 e. The van der Waals surface area contributed by atoms with Gasteiger partial charge in [-0.2, -0.15) is 0 Å². The predicted octanol–water partition coefficient (Wildman–Crippen LogP) is 3.00. The van der Waals surface area contributed by atoms with Crippen LogP contribution in [0.1, 0.15) is 18.2 Å². The van der Waals surface area contributed by atoms with Gasteiger partial charge in [0.05, 0.1) is 11.9 Å². The van der Waals surface area contributed by atoms with E-state index < -0.39 is 6.09 Å². The van der Waals surface area contributed by atoms with E-state index in [1.165, 1.54) is 4.90 Å². The second-order valence-electron chi connectivity index (χ2n) is 6.06. The third-order valence-electron chi connectivity index (χ3n) is 4.44. The molecule has 3 heterocycles. The Labute approximate surface area is 144 Å². The van der Waals surface area contributed by atoms with Crippen LogP contribution in [0.25, 0.3) is 22.6 Å². The van der Waals surface area contributed by atoms with E-state index in [1.807, 2.05) is 30.3 Å². The van der Waals surface area contributed by atoms with Crippen LogP contribution in [-0.2, 0) is 0 Å². The molecule has 0 spiro atoms. The van der Waals surface area contributed by atoms with Crippen molar-refractivity contribution in [3.8, 4) is 22.6 Å². The van der Waals surface area contributed by atoms with Gasteiger partial charge in [-0.25, -0.2) is 19.7 Å². The number of nitrogens with one attached hydrogen (secondary N) is 1. The number of H-pyrrole nitrogens is 1. The number of rotatable bonds is 3. The molecule has 1 aliphatic heterocycles. The molecule has 25 heavy (non-hydrogen) atoms. The molecule has 1 amide bonds. The maximum atomic E-state index is 11.0. The van der Waals surface area contributed by atoms with Crippen molar-refractivity contribution >= 4 is 6.09 Å². The summed E-state index contributed by atoms with van der Waals surface area (Å²) in [5.41, 5.74) is 2.66. The Hall–Kier alpha value is -3.22. The van der Waals surface area contributed by atoms with Crippen molar-refractivity contribution in [2.75, 3.05) is 13.1 Å². The van der Waals surface area contributed by atoms with Crippen LogP contribution < -0.4 is 0 Å². The Morgan fingerprint density at radius 1 is 1.08 bits per heavy atom. The highest BCUT2D eigenvalue weighted by Crippen LogP contribution is 2.27. The van der Waals surface area contributed by atoms with Gasteiger partial charge in [0.1, 0.15) is 5.82 Å². The van der Waals surface area contributed by atoms with Gasteiger partial charge in [-0.3, -0.25) is 0 Å². The minimum atomic E-state index is -0.876. The molecule has 0 radical (unpaired) electrons. The van der Waals surface area contributed by atoms with Crippen molar-refractivity contribution in [3.63, 3.8) is 0 Å². The summed E-state index contributed by atoms with van der Waals surface area (Å²) in [7, 11) is 0. The Morgan fingerprint density at radius 2 is 1.84 bits per heavy atom. The number of aromatic nitrogens is 4. The van der Waals surface area contributed by atoms with Crippen molar-refractivity contribution in [3.05, 3.63) is 54.7 Å². The molecule has 126 valence electrons. The van der Waals surface area contributed by atoms with Gasteiger partial charge in [-0.1, -0.05) is 30.3 Å². The van der Waals surface area contributed by atoms with Gasteiger partial charge in [0.2, 0.25) is 0 Å². The van der Waals surface area contributed by atoms with Crippen LogP contribution in [0.4, 0.5) is 4.79 Å². The lowest BCUT2D eigenvalue weighted by atomic mass is 10.1. The number of carbonyl (C=O) groups is 1. The first-order chi connectivity index (χ1) is 12.2. The lowest BCUT2D eigenvalue weighted by molar-refractivity contribution is 0.155. The maximum Gasteiger partial charge on any atom is 0.407 e. The number of amides is 1. The number of hydrogen-bond acceptors (Lipinski definition) is 4. The molecule has 2 aromatic heterocycles. The summed E-state index contributed by atoms with van der Waals surface area (Å²) in [6.45, 7) is 1.02. The van der Waals surface area contributed by atoms with Gasteiger partial charge in [-0.05, 0) is 6.42 Å². The third kappa shape index (κ3) is 3.08. The average Bonchev–Trinajstić information content (AvgIpc) is 3.32. The summed E-state index contributed by atoms with van der Waals surface area (Å²) in [4.78, 5) is 29.0. The van der Waals surface area contributed by atoms with Crippen LogP contribution >= 0.6 is 0 Å². The van der Waals surface area contributed by atoms with Gasteiger partial charge in [-0.15, -0.1) is 0 Å². The number of carboxylic acid groups (broad SMARTS) is 1. The highest BCUT2D eigenvalue weighted by molar-refractivity contribution is 5.65. The van der Waals surface area contributed by atoms with E-state index in [2.05, 4.69) is 19.9 Å². The number of benzene rings is 1. The summed E-state index contributed by atoms with van der Waals surface area (Å²) in [5, 5.41) is 9.06. The highest BCUT2D eigenvalue weighted by Gasteiger charge is 2.28. The van der Waals surface area contributed by atoms with Gasteiger partial charge in [0.25, 0.3) is 0 Å². The topological polar surface area (TPSA) is 95.0 Å². The fourth-order valence-corrected chi connectivity index (χ4v) is 3.05. The van der Waals surface area contributed by atoms with Gasteiger partial charge in [0, 0.05) is 42.5 Å². The molecule has 0 aliphatic carbocycles. The molecule has 0 saturated carbocycles. The number of hydrogen-bond donors (Lipinski definition) is 2. The molecule has 1 fully saturated rings. The molecule has 7 nitrogen and oxygen atoms in total. The molecule has 0 bridgehead atoms. The fraction of sp³-hybridized carbons (Fsp3) is 0.222. The normalized spacial score (nSPS) is 17.0. The van der Waals surface area contributed by atoms with Crippen molar-refractivity contribution in [1.29, 1.82) is 0 Å². The highest BCUT2D eigenvalue weighted by atomic mass is 16.4. The molecule has 1 saturated heterocycles. The predicted molar refractivity (Wildman–Crippen MR) is 92.0 cm³/mol. The summed E-state index contributed by atoms with van der Waals surface area (Å²) in [5.74, 6) is 1.59. The van der Waals surface area contributed by atoms with Crippen molar-refractivity contribution in [2.45, 2.75) is 12.3 Å². The maximum absolute atomic E-state index is 11.0. The third-order valence-corrected chi connectivity index (χ3v) is 4.44. The quantitative estimate of drug-likeness (QED) is 0.767. The van der Waals surface area contributed by atoms with E-state index in [1.54, 1.807) is 18.6 Å². The van der Waals surface area contributed by atoms with Crippen LogP contribution in [0.5, 0.6) is 0 Å². The summed E-state index contributed by atoms with van der Waals surface area (Å²) < 4.78 is 0. The summed E-state index contributed by atoms with van der Waals surface area (Å²) in [6.07, 6.45) is 5.19. The van der Waals surface area contributed by atoms with Crippen LogP contribution in [0.15, 0.2) is 48.9 Å². The first kappa shape index (κ1) is 15.3. The zero-order valence-corrected chi connectivity index (χ0v) is 13.5. The van der Waals surface area contributed by atoms with Gasteiger partial charge >= 0.3 is 6.09 Å². The number of likely N-dealkylation sites (tertiary alicyclic amines) is 1. The largest absolute Gasteiger partial charge is 0.465 e. The van der Waals surface area contributed by atoms with Crippen molar-refractivity contribution < 1.29 is 9.90 Å². The molecule has 1 atom stereocenters. The van der Waals surface area contributed by atoms with E-state index >= 15 is 0 Å². The second-order valence-corrected chi connectivity index (χ2v) is 6.06. The zero-order chi connectivity index (χ0) is 17.2. The standard InChI is InChI=1S/C18H17N5O2/c24-18(25)23-7-6-13(11-23)17-21-10-15(22-17)14-8-19-16(20-9-14)12-4-2-1-3-5-12/h1-5,8-10,13H,6-7,11H2,(H,21,22)(H,24,25). The molecule has 3 aromatic rings. The Kier molecular flexibility index (Phi) is 3.89. The Bertz CT molecular complexity index is 876. The minimum absolute atomic E-state index is 0.106. The van der Waals surface area contributed by atoms with Crippen LogP contribution in [0.2, 0.25) is 0 Å². The first-order valence-corrected chi connectivity index (χ1v) is 8.11. The van der Waals surface area contributed by atoms with E-state index in [4.69, 9.17) is 5.11 Å². The number of imidazole rings is 1. The van der Waals surface area contributed by atoms with Crippen LogP contribution in [0, 0.1) is 0 Å². The van der Waals surface area contributed by atoms with Crippen molar-refractivity contribution in [1.82, 2.24) is 24.8 Å². The minimum Gasteiger partial charge on any atom is -0.465 e. The first-order valence-electron chi connectivity index (χ1n) is 8.11. The molecule has 7 heteroatoms. The van der Waals surface area contributed by atoms with Crippen molar-refractivity contribution in [2.24, 2.45) is 0 Å². The molecule has 4 rings (SSSR count). The van der Waals surface area contributed by atoms with Crippen LogP contribution in [0.3, 0.4) is 0 Å². The SMILES string of the molecule is O=C(O)N1CCC(c2ncc(-c3cnc(-c4ccccc4)nc3)[nH]2)C1. The van der Waals surface area contributed by atoms with Gasteiger partial charge in [0.15, 0.2) is 5.82 Å². The van der Waals surface area contributed by atoms with Gasteiger partial charge < -0.3 is 15.0 Å². The average molecular weight is 335 g/mol.